The van der Waals surface area contributed by atoms with Crippen molar-refractivity contribution in [1.82, 2.24) is 10.6 Å². The number of aliphatic carboxylic acids is 1. The molecule has 3 N–H and O–H groups in total. The molecule has 0 aromatic carbocycles. The van der Waals surface area contributed by atoms with Crippen LogP contribution in [0.2, 0.25) is 0 Å². The average Bonchev–Trinajstić information content (AvgIpc) is 2.91. The molecule has 6 nitrogen and oxygen atoms in total. The summed E-state index contributed by atoms with van der Waals surface area (Å²) in [5.74, 6) is -2.04. The molecule has 3 unspecified atom stereocenters. The number of hydrogen-bond donors (Lipinski definition) is 3. The molecule has 0 heterocycles. The Morgan fingerprint density at radius 3 is 2.10 bits per heavy atom. The molecule has 0 radical (unpaired) electrons. The highest BCUT2D eigenvalue weighted by atomic mass is 16.4. The van der Waals surface area contributed by atoms with Crippen LogP contribution >= 0.6 is 0 Å². The molecule has 0 saturated heterocycles. The van der Waals surface area contributed by atoms with E-state index in [1.807, 2.05) is 0 Å². The second-order valence-corrected chi connectivity index (χ2v) is 5.64. The van der Waals surface area contributed by atoms with Crippen molar-refractivity contribution >= 4 is 17.8 Å². The monoisotopic (exact) mass is 284 g/mol. The van der Waals surface area contributed by atoms with Crippen molar-refractivity contribution in [3.05, 3.63) is 0 Å². The maximum atomic E-state index is 11.9. The van der Waals surface area contributed by atoms with Crippen molar-refractivity contribution in [3.8, 4) is 0 Å². The summed E-state index contributed by atoms with van der Waals surface area (Å²) < 4.78 is 0. The Kier molecular flexibility index (Phi) is 5.98. The number of hydrogen-bond acceptors (Lipinski definition) is 3. The zero-order chi connectivity index (χ0) is 15.3. The molecule has 0 aromatic rings. The molecule has 1 fully saturated rings. The fraction of sp³-hybridized carbons (Fsp3) is 0.786. The van der Waals surface area contributed by atoms with E-state index in [9.17, 15) is 14.4 Å². The minimum Gasteiger partial charge on any atom is -0.481 e. The first-order valence-electron chi connectivity index (χ1n) is 7.16. The smallest absolute Gasteiger partial charge is 0.308 e. The molecule has 0 spiro atoms. The quantitative estimate of drug-likeness (QED) is 0.675. The predicted molar refractivity (Wildman–Crippen MR) is 74.0 cm³/mol. The highest BCUT2D eigenvalue weighted by Crippen LogP contribution is 2.24. The third-order valence-electron chi connectivity index (χ3n) is 3.99. The summed E-state index contributed by atoms with van der Waals surface area (Å²) in [6.07, 6.45) is 3.89. The predicted octanol–water partition coefficient (Wildman–Crippen LogP) is 0.907. The standard InChI is InChI=1S/C14H24N2O4/c1-8(14(19)20)9(2)15-12(17)10(3)16-13(18)11-6-4-5-7-11/h8-11H,4-7H2,1-3H3,(H,15,17)(H,16,18)(H,19,20). The van der Waals surface area contributed by atoms with Gasteiger partial charge >= 0.3 is 5.97 Å². The summed E-state index contributed by atoms with van der Waals surface area (Å²) in [6.45, 7) is 4.79. The molecular weight excluding hydrogens is 260 g/mol. The minimum absolute atomic E-state index is 0.0145. The summed E-state index contributed by atoms with van der Waals surface area (Å²) >= 11 is 0. The van der Waals surface area contributed by atoms with Crippen LogP contribution in [0.1, 0.15) is 46.5 Å². The van der Waals surface area contributed by atoms with Crippen molar-refractivity contribution in [1.29, 1.82) is 0 Å². The van der Waals surface area contributed by atoms with Crippen molar-refractivity contribution < 1.29 is 19.5 Å². The van der Waals surface area contributed by atoms with E-state index in [1.54, 1.807) is 13.8 Å². The summed E-state index contributed by atoms with van der Waals surface area (Å²) in [5.41, 5.74) is 0. The Bertz CT molecular complexity index is 377. The van der Waals surface area contributed by atoms with Gasteiger partial charge in [0.2, 0.25) is 11.8 Å². The average molecular weight is 284 g/mol. The number of rotatable bonds is 6. The first-order chi connectivity index (χ1) is 9.32. The van der Waals surface area contributed by atoms with Gasteiger partial charge in [0.05, 0.1) is 5.92 Å². The zero-order valence-corrected chi connectivity index (χ0v) is 12.3. The number of nitrogens with one attached hydrogen (secondary N) is 2. The van der Waals surface area contributed by atoms with Gasteiger partial charge in [0.15, 0.2) is 0 Å². The molecule has 0 aromatic heterocycles. The number of amides is 2. The van der Waals surface area contributed by atoms with E-state index in [0.717, 1.165) is 25.7 Å². The van der Waals surface area contributed by atoms with E-state index < -0.39 is 24.0 Å². The summed E-state index contributed by atoms with van der Waals surface area (Å²) in [7, 11) is 0. The molecule has 1 saturated carbocycles. The molecule has 0 aliphatic heterocycles. The number of carbonyl (C=O) groups is 3. The van der Waals surface area contributed by atoms with Gasteiger partial charge in [0.1, 0.15) is 6.04 Å². The van der Waals surface area contributed by atoms with Crippen LogP contribution in [-0.2, 0) is 14.4 Å². The van der Waals surface area contributed by atoms with Gasteiger partial charge in [-0.15, -0.1) is 0 Å². The molecule has 3 atom stereocenters. The third kappa shape index (κ3) is 4.51. The lowest BCUT2D eigenvalue weighted by atomic mass is 10.0. The van der Waals surface area contributed by atoms with E-state index in [0.29, 0.717) is 0 Å². The van der Waals surface area contributed by atoms with E-state index in [4.69, 9.17) is 5.11 Å². The number of carboxylic acid groups (broad SMARTS) is 1. The largest absolute Gasteiger partial charge is 0.481 e. The molecular formula is C14H24N2O4. The van der Waals surface area contributed by atoms with E-state index in [1.165, 1.54) is 6.92 Å². The van der Waals surface area contributed by atoms with Crippen molar-refractivity contribution in [2.75, 3.05) is 0 Å². The normalized spacial score (nSPS) is 19.9. The van der Waals surface area contributed by atoms with Crippen LogP contribution in [-0.4, -0.2) is 35.0 Å². The lowest BCUT2D eigenvalue weighted by Crippen LogP contribution is -2.50. The Morgan fingerprint density at radius 1 is 1.05 bits per heavy atom. The Hall–Kier alpha value is -1.59. The first kappa shape index (κ1) is 16.5. The molecule has 1 rings (SSSR count). The van der Waals surface area contributed by atoms with Gasteiger partial charge in [-0.25, -0.2) is 0 Å². The highest BCUT2D eigenvalue weighted by molar-refractivity contribution is 5.88. The Balaban J connectivity index is 2.42. The topological polar surface area (TPSA) is 95.5 Å². The van der Waals surface area contributed by atoms with Gasteiger partial charge in [-0.1, -0.05) is 12.8 Å². The van der Waals surface area contributed by atoms with Crippen molar-refractivity contribution in [2.24, 2.45) is 11.8 Å². The van der Waals surface area contributed by atoms with Gasteiger partial charge < -0.3 is 15.7 Å². The number of carboxylic acids is 1. The van der Waals surface area contributed by atoms with Crippen LogP contribution in [0.15, 0.2) is 0 Å². The molecule has 2 amide bonds. The fourth-order valence-corrected chi connectivity index (χ4v) is 2.27. The first-order valence-corrected chi connectivity index (χ1v) is 7.16. The third-order valence-corrected chi connectivity index (χ3v) is 3.99. The van der Waals surface area contributed by atoms with Crippen LogP contribution in [0.25, 0.3) is 0 Å². The molecule has 0 bridgehead atoms. The van der Waals surface area contributed by atoms with E-state index in [2.05, 4.69) is 10.6 Å². The highest BCUT2D eigenvalue weighted by Gasteiger charge is 2.27. The Morgan fingerprint density at radius 2 is 1.60 bits per heavy atom. The van der Waals surface area contributed by atoms with Gasteiger partial charge in [-0.3, -0.25) is 14.4 Å². The maximum absolute atomic E-state index is 11.9. The fourth-order valence-electron chi connectivity index (χ4n) is 2.27. The molecule has 6 heteroatoms. The second kappa shape index (κ2) is 7.26. The van der Waals surface area contributed by atoms with E-state index in [-0.39, 0.29) is 17.7 Å². The van der Waals surface area contributed by atoms with Gasteiger partial charge in [-0.05, 0) is 33.6 Å². The van der Waals surface area contributed by atoms with Gasteiger partial charge in [0.25, 0.3) is 0 Å². The van der Waals surface area contributed by atoms with Crippen LogP contribution < -0.4 is 10.6 Å². The van der Waals surface area contributed by atoms with E-state index >= 15 is 0 Å². The molecule has 20 heavy (non-hydrogen) atoms. The van der Waals surface area contributed by atoms with Crippen LogP contribution in [0, 0.1) is 11.8 Å². The minimum atomic E-state index is -0.958. The lowest BCUT2D eigenvalue weighted by molar-refractivity contribution is -0.142. The van der Waals surface area contributed by atoms with Crippen LogP contribution in [0.5, 0.6) is 0 Å². The van der Waals surface area contributed by atoms with Crippen molar-refractivity contribution in [2.45, 2.75) is 58.5 Å². The molecule has 1 aliphatic carbocycles. The van der Waals surface area contributed by atoms with Crippen molar-refractivity contribution in [3.63, 3.8) is 0 Å². The van der Waals surface area contributed by atoms with Gasteiger partial charge in [0, 0.05) is 12.0 Å². The number of carbonyl (C=O) groups excluding carboxylic acids is 2. The SMILES string of the molecule is CC(NC(=O)C1CCCC1)C(=O)NC(C)C(C)C(=O)O. The molecule has 114 valence electrons. The Labute approximate surface area is 119 Å². The molecule has 1 aliphatic rings. The summed E-state index contributed by atoms with van der Waals surface area (Å²) in [5, 5.41) is 14.2. The van der Waals surface area contributed by atoms with Gasteiger partial charge in [-0.2, -0.15) is 0 Å². The maximum Gasteiger partial charge on any atom is 0.308 e. The summed E-state index contributed by atoms with van der Waals surface area (Å²) in [4.78, 5) is 34.6. The zero-order valence-electron chi connectivity index (χ0n) is 12.3. The van der Waals surface area contributed by atoms with Crippen LogP contribution in [0.3, 0.4) is 0 Å². The summed E-state index contributed by atoms with van der Waals surface area (Å²) in [6, 6.07) is -1.13. The second-order valence-electron chi connectivity index (χ2n) is 5.64. The van der Waals surface area contributed by atoms with Crippen LogP contribution in [0.4, 0.5) is 0 Å². The lowest BCUT2D eigenvalue weighted by Gasteiger charge is -2.22.